The van der Waals surface area contributed by atoms with Crippen molar-refractivity contribution in [3.63, 3.8) is 0 Å². The smallest absolute Gasteiger partial charge is 0.0325 e. The third-order valence-corrected chi connectivity index (χ3v) is 4.64. The van der Waals surface area contributed by atoms with Gasteiger partial charge in [0.1, 0.15) is 0 Å². The molecule has 0 bridgehead atoms. The number of aryl methyl sites for hydroxylation is 2. The van der Waals surface area contributed by atoms with Crippen molar-refractivity contribution in [2.45, 2.75) is 51.6 Å². The van der Waals surface area contributed by atoms with E-state index < -0.39 is 0 Å². The van der Waals surface area contributed by atoms with Crippen LogP contribution in [-0.2, 0) is 12.8 Å². The van der Waals surface area contributed by atoms with Crippen LogP contribution >= 0.6 is 0 Å². The van der Waals surface area contributed by atoms with Gasteiger partial charge in [0.15, 0.2) is 0 Å². The Hall–Kier alpha value is -1.60. The van der Waals surface area contributed by atoms with E-state index in [1.165, 1.54) is 41.5 Å². The van der Waals surface area contributed by atoms with Crippen molar-refractivity contribution in [3.8, 4) is 0 Å². The minimum atomic E-state index is 0.502. The molecule has 2 aromatic carbocycles. The van der Waals surface area contributed by atoms with E-state index in [1.54, 1.807) is 0 Å². The number of hydrogen-bond acceptors (Lipinski definition) is 1. The minimum absolute atomic E-state index is 0.502. The van der Waals surface area contributed by atoms with Gasteiger partial charge in [-0.25, -0.2) is 0 Å². The Bertz CT molecular complexity index is 602. The molecule has 0 amide bonds. The lowest BCUT2D eigenvalue weighted by Gasteiger charge is -2.29. The molecule has 0 heterocycles. The van der Waals surface area contributed by atoms with Gasteiger partial charge in [0.25, 0.3) is 0 Å². The lowest BCUT2D eigenvalue weighted by molar-refractivity contribution is 0.407. The van der Waals surface area contributed by atoms with Gasteiger partial charge in [-0.2, -0.15) is 0 Å². The predicted molar refractivity (Wildman–Crippen MR) is 89.6 cm³/mol. The average Bonchev–Trinajstić information content (AvgIpc) is 2.50. The van der Waals surface area contributed by atoms with Gasteiger partial charge in [0.2, 0.25) is 0 Å². The van der Waals surface area contributed by atoms with Crippen LogP contribution in [0.2, 0.25) is 0 Å². The molecule has 1 aliphatic carbocycles. The molecule has 0 aliphatic heterocycles. The number of hydrogen-bond donors (Lipinski definition) is 1. The van der Waals surface area contributed by atoms with Crippen molar-refractivity contribution in [1.82, 2.24) is 5.32 Å². The SMILES string of the molecule is Cc1ccccc1CC(C)NC1CCCc2ccccc21. The highest BCUT2D eigenvalue weighted by atomic mass is 14.9. The maximum absolute atomic E-state index is 3.85. The Kier molecular flexibility index (Phi) is 4.40. The number of benzene rings is 2. The second-order valence-electron chi connectivity index (χ2n) is 6.34. The van der Waals surface area contributed by atoms with Gasteiger partial charge < -0.3 is 5.32 Å². The molecule has 0 saturated carbocycles. The standard InChI is InChI=1S/C20H25N/c1-15-8-3-4-10-18(15)14-16(2)21-20-13-7-11-17-9-5-6-12-19(17)20/h3-6,8-10,12,16,20-21H,7,11,13-14H2,1-2H3. The molecule has 0 aromatic heterocycles. The van der Waals surface area contributed by atoms with E-state index in [2.05, 4.69) is 67.7 Å². The van der Waals surface area contributed by atoms with E-state index in [1.807, 2.05) is 0 Å². The summed E-state index contributed by atoms with van der Waals surface area (Å²) in [6, 6.07) is 18.7. The summed E-state index contributed by atoms with van der Waals surface area (Å²) in [7, 11) is 0. The molecule has 2 atom stereocenters. The Labute approximate surface area is 128 Å². The molecule has 2 aromatic rings. The summed E-state index contributed by atoms with van der Waals surface area (Å²) in [5.41, 5.74) is 5.90. The highest BCUT2D eigenvalue weighted by Crippen LogP contribution is 2.30. The zero-order chi connectivity index (χ0) is 14.7. The van der Waals surface area contributed by atoms with Gasteiger partial charge in [-0.05, 0) is 61.8 Å². The van der Waals surface area contributed by atoms with Crippen molar-refractivity contribution in [1.29, 1.82) is 0 Å². The van der Waals surface area contributed by atoms with Crippen molar-refractivity contribution in [3.05, 3.63) is 70.8 Å². The summed E-state index contributed by atoms with van der Waals surface area (Å²) in [5.74, 6) is 0. The topological polar surface area (TPSA) is 12.0 Å². The van der Waals surface area contributed by atoms with E-state index in [4.69, 9.17) is 0 Å². The van der Waals surface area contributed by atoms with Crippen molar-refractivity contribution in [2.75, 3.05) is 0 Å². The number of fused-ring (bicyclic) bond motifs is 1. The largest absolute Gasteiger partial charge is 0.307 e. The average molecular weight is 279 g/mol. The van der Waals surface area contributed by atoms with Crippen LogP contribution in [0.5, 0.6) is 0 Å². The normalized spacial score (nSPS) is 19.0. The van der Waals surface area contributed by atoms with E-state index in [0.29, 0.717) is 12.1 Å². The van der Waals surface area contributed by atoms with E-state index in [9.17, 15) is 0 Å². The van der Waals surface area contributed by atoms with Crippen LogP contribution in [0.1, 0.15) is 48.1 Å². The molecule has 1 heteroatoms. The Morgan fingerprint density at radius 2 is 1.86 bits per heavy atom. The fraction of sp³-hybridized carbons (Fsp3) is 0.400. The van der Waals surface area contributed by atoms with E-state index >= 15 is 0 Å². The summed E-state index contributed by atoms with van der Waals surface area (Å²) < 4.78 is 0. The van der Waals surface area contributed by atoms with Crippen molar-refractivity contribution in [2.24, 2.45) is 0 Å². The summed E-state index contributed by atoms with van der Waals surface area (Å²) in [5, 5.41) is 3.85. The lowest BCUT2D eigenvalue weighted by atomic mass is 9.87. The first-order valence-corrected chi connectivity index (χ1v) is 8.12. The van der Waals surface area contributed by atoms with Crippen LogP contribution in [-0.4, -0.2) is 6.04 Å². The lowest BCUT2D eigenvalue weighted by Crippen LogP contribution is -2.34. The Balaban J connectivity index is 1.69. The summed E-state index contributed by atoms with van der Waals surface area (Å²) in [6.45, 7) is 4.52. The molecule has 21 heavy (non-hydrogen) atoms. The molecular weight excluding hydrogens is 254 g/mol. The minimum Gasteiger partial charge on any atom is -0.307 e. The van der Waals surface area contributed by atoms with Gasteiger partial charge in [0, 0.05) is 12.1 Å². The maximum atomic E-state index is 3.85. The van der Waals surface area contributed by atoms with Gasteiger partial charge in [0.05, 0.1) is 0 Å². The summed E-state index contributed by atoms with van der Waals surface area (Å²) in [4.78, 5) is 0. The van der Waals surface area contributed by atoms with Gasteiger partial charge >= 0.3 is 0 Å². The second-order valence-corrected chi connectivity index (χ2v) is 6.34. The fourth-order valence-corrected chi connectivity index (χ4v) is 3.50. The Morgan fingerprint density at radius 1 is 1.10 bits per heavy atom. The molecule has 110 valence electrons. The van der Waals surface area contributed by atoms with Crippen molar-refractivity contribution >= 4 is 0 Å². The molecule has 2 unspecified atom stereocenters. The van der Waals surface area contributed by atoms with Crippen LogP contribution < -0.4 is 5.32 Å². The van der Waals surface area contributed by atoms with Crippen LogP contribution in [0, 0.1) is 6.92 Å². The highest BCUT2D eigenvalue weighted by molar-refractivity contribution is 5.32. The van der Waals surface area contributed by atoms with Gasteiger partial charge in [-0.1, -0.05) is 48.5 Å². The monoisotopic (exact) mass is 279 g/mol. The maximum Gasteiger partial charge on any atom is 0.0325 e. The van der Waals surface area contributed by atoms with Gasteiger partial charge in [-0.3, -0.25) is 0 Å². The molecule has 1 N–H and O–H groups in total. The van der Waals surface area contributed by atoms with Crippen LogP contribution in [0.4, 0.5) is 0 Å². The first-order chi connectivity index (χ1) is 10.2. The second kappa shape index (κ2) is 6.44. The molecule has 0 saturated heterocycles. The van der Waals surface area contributed by atoms with Crippen LogP contribution in [0.15, 0.2) is 48.5 Å². The molecule has 3 rings (SSSR count). The summed E-state index contributed by atoms with van der Waals surface area (Å²) in [6.07, 6.45) is 4.90. The number of nitrogens with one attached hydrogen (secondary N) is 1. The molecule has 1 nitrogen and oxygen atoms in total. The third-order valence-electron chi connectivity index (χ3n) is 4.64. The zero-order valence-corrected chi connectivity index (χ0v) is 13.1. The molecule has 0 radical (unpaired) electrons. The number of rotatable bonds is 4. The molecule has 1 aliphatic rings. The first-order valence-electron chi connectivity index (χ1n) is 8.12. The quantitative estimate of drug-likeness (QED) is 0.863. The van der Waals surface area contributed by atoms with Crippen molar-refractivity contribution < 1.29 is 0 Å². The summed E-state index contributed by atoms with van der Waals surface area (Å²) >= 11 is 0. The molecule has 0 fully saturated rings. The van der Waals surface area contributed by atoms with E-state index in [-0.39, 0.29) is 0 Å². The van der Waals surface area contributed by atoms with Crippen LogP contribution in [0.3, 0.4) is 0 Å². The Morgan fingerprint density at radius 3 is 2.71 bits per heavy atom. The van der Waals surface area contributed by atoms with Gasteiger partial charge in [-0.15, -0.1) is 0 Å². The zero-order valence-electron chi connectivity index (χ0n) is 13.1. The highest BCUT2D eigenvalue weighted by Gasteiger charge is 2.21. The van der Waals surface area contributed by atoms with E-state index in [0.717, 1.165) is 6.42 Å². The molecular formula is C20H25N. The molecule has 0 spiro atoms. The van der Waals surface area contributed by atoms with Crippen LogP contribution in [0.25, 0.3) is 0 Å². The fourth-order valence-electron chi connectivity index (χ4n) is 3.50. The first kappa shape index (κ1) is 14.3. The third kappa shape index (κ3) is 3.36. The predicted octanol–water partition coefficient (Wildman–Crippen LogP) is 4.59.